The van der Waals surface area contributed by atoms with Crippen molar-refractivity contribution in [1.82, 2.24) is 24.5 Å². The number of furan rings is 1. The van der Waals surface area contributed by atoms with Crippen molar-refractivity contribution in [2.24, 2.45) is 0 Å². The van der Waals surface area contributed by atoms with E-state index in [1.807, 2.05) is 25.1 Å². The van der Waals surface area contributed by atoms with E-state index in [0.29, 0.717) is 47.2 Å². The number of carbonyl (C=O) groups excluding carboxylic acids is 1. The molecule has 0 aliphatic rings. The normalized spacial score (nSPS) is 11.0. The molecule has 0 saturated heterocycles. The zero-order valence-electron chi connectivity index (χ0n) is 16.2. The van der Waals surface area contributed by atoms with Gasteiger partial charge in [-0.2, -0.15) is 4.52 Å². The van der Waals surface area contributed by atoms with Crippen LogP contribution in [-0.4, -0.2) is 43.7 Å². The summed E-state index contributed by atoms with van der Waals surface area (Å²) in [7, 11) is 0. The summed E-state index contributed by atoms with van der Waals surface area (Å²) in [4.78, 5) is 22.9. The molecule has 4 heterocycles. The van der Waals surface area contributed by atoms with E-state index in [2.05, 4.69) is 31.0 Å². The fraction of sp³-hybridized carbons (Fsp3) is 0.200. The first-order valence-corrected chi connectivity index (χ1v) is 10.1. The Balaban J connectivity index is 1.50. The first kappa shape index (κ1) is 19.9. The van der Waals surface area contributed by atoms with Crippen molar-refractivity contribution in [2.45, 2.75) is 13.3 Å². The van der Waals surface area contributed by atoms with Gasteiger partial charge in [-0.05, 0) is 47.1 Å². The monoisotopic (exact) mass is 470 g/mol. The number of halogens is 1. The van der Waals surface area contributed by atoms with E-state index < -0.39 is 6.09 Å². The van der Waals surface area contributed by atoms with Gasteiger partial charge in [-0.25, -0.2) is 9.78 Å². The molecular formula is C20H19BrN6O3. The Morgan fingerprint density at radius 1 is 1.30 bits per heavy atom. The molecule has 0 unspecified atom stereocenters. The van der Waals surface area contributed by atoms with Crippen molar-refractivity contribution in [3.8, 4) is 17.3 Å². The second kappa shape index (κ2) is 8.54. The summed E-state index contributed by atoms with van der Waals surface area (Å²) in [6.07, 6.45) is 1.90. The van der Waals surface area contributed by atoms with Gasteiger partial charge in [-0.15, -0.1) is 5.10 Å². The molecule has 0 saturated carbocycles. The highest BCUT2D eigenvalue weighted by atomic mass is 79.9. The number of nitrogens with two attached hydrogens (primary N) is 1. The Hall–Kier alpha value is -3.40. The van der Waals surface area contributed by atoms with Gasteiger partial charge in [-0.1, -0.05) is 6.07 Å². The van der Waals surface area contributed by atoms with Gasteiger partial charge in [0.05, 0.1) is 0 Å². The number of pyridine rings is 2. The van der Waals surface area contributed by atoms with E-state index >= 15 is 0 Å². The first-order valence-electron chi connectivity index (χ1n) is 9.32. The standard InChI is InChI=1S/C20H19BrN6O3/c1-2-26(10-8-13-5-3-4-9-23-13)20(28)29-14-11-17(22)27-18(12-14)24-19(25-27)15-6-7-16(21)30-15/h3-7,9,11-12H,2,8,10,22H2,1H3. The highest BCUT2D eigenvalue weighted by Crippen LogP contribution is 2.25. The topological polar surface area (TPSA) is 112 Å². The Morgan fingerprint density at radius 3 is 2.87 bits per heavy atom. The molecule has 0 bridgehead atoms. The molecule has 0 fully saturated rings. The van der Waals surface area contributed by atoms with Gasteiger partial charge in [0.1, 0.15) is 11.6 Å². The molecule has 0 aliphatic carbocycles. The lowest BCUT2D eigenvalue weighted by Gasteiger charge is -2.20. The molecule has 0 atom stereocenters. The number of fused-ring (bicyclic) bond motifs is 1. The summed E-state index contributed by atoms with van der Waals surface area (Å²) in [6, 6.07) is 12.3. The van der Waals surface area contributed by atoms with Crippen molar-refractivity contribution in [3.05, 3.63) is 59.0 Å². The maximum Gasteiger partial charge on any atom is 0.415 e. The van der Waals surface area contributed by atoms with Crippen LogP contribution < -0.4 is 10.5 Å². The highest BCUT2D eigenvalue weighted by Gasteiger charge is 2.17. The molecule has 0 aromatic carbocycles. The minimum atomic E-state index is -0.466. The molecular weight excluding hydrogens is 452 g/mol. The highest BCUT2D eigenvalue weighted by molar-refractivity contribution is 9.10. The van der Waals surface area contributed by atoms with E-state index in [1.165, 1.54) is 10.6 Å². The number of rotatable bonds is 6. The zero-order valence-corrected chi connectivity index (χ0v) is 17.7. The second-order valence-corrected chi connectivity index (χ2v) is 7.23. The summed E-state index contributed by atoms with van der Waals surface area (Å²) in [5.74, 6) is 1.45. The molecule has 0 radical (unpaired) electrons. The van der Waals surface area contributed by atoms with Gasteiger partial charge >= 0.3 is 6.09 Å². The van der Waals surface area contributed by atoms with Gasteiger partial charge in [0, 0.05) is 43.5 Å². The van der Waals surface area contributed by atoms with Gasteiger partial charge < -0.3 is 19.8 Å². The van der Waals surface area contributed by atoms with Crippen molar-refractivity contribution in [2.75, 3.05) is 18.8 Å². The molecule has 1 amide bonds. The van der Waals surface area contributed by atoms with Crippen LogP contribution in [0.25, 0.3) is 17.2 Å². The van der Waals surface area contributed by atoms with Crippen LogP contribution in [-0.2, 0) is 6.42 Å². The number of amides is 1. The van der Waals surface area contributed by atoms with Gasteiger partial charge in [0.15, 0.2) is 16.1 Å². The number of anilines is 1. The Labute approximate surface area is 180 Å². The average Bonchev–Trinajstić information content (AvgIpc) is 3.36. The summed E-state index contributed by atoms with van der Waals surface area (Å²) in [6.45, 7) is 2.89. The van der Waals surface area contributed by atoms with E-state index in [4.69, 9.17) is 14.9 Å². The van der Waals surface area contributed by atoms with Crippen LogP contribution in [0.1, 0.15) is 12.6 Å². The summed E-state index contributed by atoms with van der Waals surface area (Å²) in [5.41, 5.74) is 7.43. The molecule has 4 aromatic rings. The summed E-state index contributed by atoms with van der Waals surface area (Å²) >= 11 is 3.25. The predicted molar refractivity (Wildman–Crippen MR) is 114 cm³/mol. The van der Waals surface area contributed by atoms with Gasteiger partial charge in [-0.3, -0.25) is 4.98 Å². The Bertz CT molecular complexity index is 1170. The molecule has 10 heteroatoms. The number of ether oxygens (including phenoxy) is 1. The van der Waals surface area contributed by atoms with Crippen LogP contribution in [0.5, 0.6) is 5.75 Å². The fourth-order valence-corrected chi connectivity index (χ4v) is 3.23. The molecule has 4 rings (SSSR count). The minimum absolute atomic E-state index is 0.288. The summed E-state index contributed by atoms with van der Waals surface area (Å²) in [5, 5.41) is 4.34. The lowest BCUT2D eigenvalue weighted by molar-refractivity contribution is 0.155. The molecule has 0 aliphatic heterocycles. The van der Waals surface area contributed by atoms with Crippen LogP contribution in [0, 0.1) is 0 Å². The molecule has 154 valence electrons. The maximum atomic E-state index is 12.6. The van der Waals surface area contributed by atoms with E-state index in [9.17, 15) is 4.79 Å². The molecule has 0 spiro atoms. The number of hydrogen-bond donors (Lipinski definition) is 1. The number of aromatic nitrogens is 4. The predicted octanol–water partition coefficient (Wildman–Crippen LogP) is 3.79. The van der Waals surface area contributed by atoms with Crippen LogP contribution in [0.3, 0.4) is 0 Å². The Kier molecular flexibility index (Phi) is 5.66. The number of likely N-dealkylation sites (N-methyl/N-ethyl adjacent to an activating group) is 1. The number of carbonyl (C=O) groups is 1. The third-order valence-corrected chi connectivity index (χ3v) is 4.87. The fourth-order valence-electron chi connectivity index (χ4n) is 2.92. The Morgan fingerprint density at radius 2 is 2.17 bits per heavy atom. The number of nitrogens with zero attached hydrogens (tertiary/aromatic N) is 5. The molecule has 9 nitrogen and oxygen atoms in total. The number of nitrogen functional groups attached to an aromatic ring is 1. The van der Waals surface area contributed by atoms with Gasteiger partial charge in [0.25, 0.3) is 0 Å². The second-order valence-electron chi connectivity index (χ2n) is 6.44. The van der Waals surface area contributed by atoms with Crippen molar-refractivity contribution in [1.29, 1.82) is 0 Å². The lowest BCUT2D eigenvalue weighted by Crippen LogP contribution is -2.35. The SMILES string of the molecule is CCN(CCc1ccccn1)C(=O)Oc1cc(N)n2nc(-c3ccc(Br)o3)nc2c1. The lowest BCUT2D eigenvalue weighted by atomic mass is 10.2. The van der Waals surface area contributed by atoms with E-state index in [1.54, 1.807) is 29.3 Å². The van der Waals surface area contributed by atoms with Crippen LogP contribution in [0.4, 0.5) is 10.6 Å². The van der Waals surface area contributed by atoms with Crippen molar-refractivity contribution >= 4 is 33.5 Å². The smallest absolute Gasteiger partial charge is 0.415 e. The number of hydrogen-bond acceptors (Lipinski definition) is 7. The third kappa shape index (κ3) is 4.28. The molecule has 4 aromatic heterocycles. The van der Waals surface area contributed by atoms with Crippen LogP contribution >= 0.6 is 15.9 Å². The van der Waals surface area contributed by atoms with E-state index in [0.717, 1.165) is 5.69 Å². The molecule has 2 N–H and O–H groups in total. The maximum absolute atomic E-state index is 12.6. The zero-order chi connectivity index (χ0) is 21.1. The van der Waals surface area contributed by atoms with Crippen LogP contribution in [0.15, 0.2) is 57.7 Å². The summed E-state index contributed by atoms with van der Waals surface area (Å²) < 4.78 is 13.1. The average molecular weight is 471 g/mol. The first-order chi connectivity index (χ1) is 14.5. The van der Waals surface area contributed by atoms with Crippen molar-refractivity contribution < 1.29 is 13.9 Å². The quantitative estimate of drug-likeness (QED) is 0.455. The molecule has 30 heavy (non-hydrogen) atoms. The van der Waals surface area contributed by atoms with Crippen LogP contribution in [0.2, 0.25) is 0 Å². The van der Waals surface area contributed by atoms with Gasteiger partial charge in [0.2, 0.25) is 5.82 Å². The van der Waals surface area contributed by atoms with Crippen molar-refractivity contribution in [3.63, 3.8) is 0 Å². The minimum Gasteiger partial charge on any atom is -0.446 e. The largest absolute Gasteiger partial charge is 0.446 e. The van der Waals surface area contributed by atoms with E-state index in [-0.39, 0.29) is 5.82 Å². The third-order valence-electron chi connectivity index (χ3n) is 4.44.